The minimum Gasteiger partial charge on any atom is -0.374 e. The van der Waals surface area contributed by atoms with E-state index in [1.165, 1.54) is 11.8 Å². The zero-order valence-corrected chi connectivity index (χ0v) is 9.25. The third-order valence-corrected chi connectivity index (χ3v) is 2.68. The van der Waals surface area contributed by atoms with E-state index in [9.17, 15) is 26.3 Å². The molecule has 0 aromatic rings. The number of likely N-dealkylation sites (tertiary alicyclic amines) is 1. The van der Waals surface area contributed by atoms with E-state index in [-0.39, 0.29) is 19.5 Å². The molecule has 0 N–H and O–H groups in total. The molecule has 0 aliphatic carbocycles. The van der Waals surface area contributed by atoms with Crippen molar-refractivity contribution < 1.29 is 26.3 Å². The van der Waals surface area contributed by atoms with Crippen LogP contribution in [0.15, 0.2) is 11.3 Å². The predicted octanol–water partition coefficient (Wildman–Crippen LogP) is 3.87. The van der Waals surface area contributed by atoms with Gasteiger partial charge in [-0.15, -0.1) is 0 Å². The van der Waals surface area contributed by atoms with Crippen LogP contribution in [0.3, 0.4) is 0 Å². The fraction of sp³-hybridized carbons (Fsp3) is 0.800. The second-order valence-corrected chi connectivity index (χ2v) is 3.86. The molecule has 100 valence electrons. The highest BCUT2D eigenvalue weighted by Gasteiger charge is 2.53. The van der Waals surface area contributed by atoms with E-state index in [4.69, 9.17) is 0 Å². The summed E-state index contributed by atoms with van der Waals surface area (Å²) in [7, 11) is 0. The van der Waals surface area contributed by atoms with Gasteiger partial charge in [0.05, 0.1) is 0 Å². The summed E-state index contributed by atoms with van der Waals surface area (Å²) in [6, 6.07) is 0. The van der Waals surface area contributed by atoms with Crippen molar-refractivity contribution >= 4 is 0 Å². The minimum absolute atomic E-state index is 0.263. The second-order valence-electron chi connectivity index (χ2n) is 3.86. The molecule has 0 saturated carbocycles. The Labute approximate surface area is 95.1 Å². The number of hydrogen-bond acceptors (Lipinski definition) is 1. The SMILES string of the molecule is CCC(=C(C(F)(F)F)C(F)(F)F)N1CCCC1. The van der Waals surface area contributed by atoms with Crippen LogP contribution in [0.2, 0.25) is 0 Å². The first-order valence-corrected chi connectivity index (χ1v) is 5.30. The van der Waals surface area contributed by atoms with Gasteiger partial charge in [0, 0.05) is 18.8 Å². The normalized spacial score (nSPS) is 17.5. The maximum atomic E-state index is 12.5. The number of alkyl halides is 6. The van der Waals surface area contributed by atoms with E-state index in [2.05, 4.69) is 0 Å². The van der Waals surface area contributed by atoms with Gasteiger partial charge in [-0.2, -0.15) is 26.3 Å². The van der Waals surface area contributed by atoms with Gasteiger partial charge in [-0.05, 0) is 19.3 Å². The Morgan fingerprint density at radius 1 is 0.941 bits per heavy atom. The van der Waals surface area contributed by atoms with Crippen LogP contribution in [0.4, 0.5) is 26.3 Å². The first-order valence-electron chi connectivity index (χ1n) is 5.30. The van der Waals surface area contributed by atoms with E-state index in [0.29, 0.717) is 12.8 Å². The number of halogens is 6. The summed E-state index contributed by atoms with van der Waals surface area (Å²) in [4.78, 5) is 1.19. The maximum absolute atomic E-state index is 12.5. The monoisotopic (exact) mass is 261 g/mol. The van der Waals surface area contributed by atoms with Crippen molar-refractivity contribution in [3.63, 3.8) is 0 Å². The van der Waals surface area contributed by atoms with Crippen LogP contribution in [0.5, 0.6) is 0 Å². The summed E-state index contributed by atoms with van der Waals surface area (Å²) in [5, 5.41) is 0. The van der Waals surface area contributed by atoms with Crippen molar-refractivity contribution in [1.29, 1.82) is 0 Å². The highest BCUT2D eigenvalue weighted by Crippen LogP contribution is 2.42. The Bertz CT molecular complexity index is 279. The van der Waals surface area contributed by atoms with E-state index in [0.717, 1.165) is 0 Å². The highest BCUT2D eigenvalue weighted by atomic mass is 19.4. The summed E-state index contributed by atoms with van der Waals surface area (Å²) in [5.74, 6) is 0. The van der Waals surface area contributed by atoms with E-state index in [1.807, 2.05) is 0 Å². The molecule has 0 spiro atoms. The van der Waals surface area contributed by atoms with E-state index in [1.54, 1.807) is 0 Å². The summed E-state index contributed by atoms with van der Waals surface area (Å²) < 4.78 is 75.0. The molecule has 1 heterocycles. The third kappa shape index (κ3) is 3.29. The van der Waals surface area contributed by atoms with Crippen molar-refractivity contribution in [3.8, 4) is 0 Å². The first kappa shape index (κ1) is 14.2. The average Bonchev–Trinajstić information content (AvgIpc) is 2.61. The lowest BCUT2D eigenvalue weighted by Crippen LogP contribution is -2.33. The zero-order chi connectivity index (χ0) is 13.3. The Morgan fingerprint density at radius 2 is 1.35 bits per heavy atom. The lowest BCUT2D eigenvalue weighted by atomic mass is 10.1. The van der Waals surface area contributed by atoms with Crippen LogP contribution in [-0.4, -0.2) is 30.3 Å². The third-order valence-electron chi connectivity index (χ3n) is 2.68. The van der Waals surface area contributed by atoms with Gasteiger partial charge in [-0.25, -0.2) is 0 Å². The molecular formula is C10H13F6N. The summed E-state index contributed by atoms with van der Waals surface area (Å²) in [5.41, 5.74) is -2.99. The molecule has 17 heavy (non-hydrogen) atoms. The maximum Gasteiger partial charge on any atom is 0.423 e. The van der Waals surface area contributed by atoms with Gasteiger partial charge in [0.2, 0.25) is 0 Å². The van der Waals surface area contributed by atoms with Crippen LogP contribution in [0.25, 0.3) is 0 Å². The second kappa shape index (κ2) is 4.78. The molecule has 1 nitrogen and oxygen atoms in total. The Morgan fingerprint density at radius 3 is 1.65 bits per heavy atom. The standard InChI is InChI=1S/C10H13F6N/c1-2-7(17-5-3-4-6-17)8(9(11,12)13)10(14,15)16/h2-6H2,1H3. The predicted molar refractivity (Wildman–Crippen MR) is 50.2 cm³/mol. The van der Waals surface area contributed by atoms with Gasteiger partial charge in [-0.3, -0.25) is 0 Å². The first-order chi connectivity index (χ1) is 7.68. The Kier molecular flexibility index (Phi) is 3.99. The van der Waals surface area contributed by atoms with Crippen molar-refractivity contribution in [2.75, 3.05) is 13.1 Å². The van der Waals surface area contributed by atoms with Gasteiger partial charge < -0.3 is 4.90 Å². The van der Waals surface area contributed by atoms with Crippen molar-refractivity contribution in [2.45, 2.75) is 38.5 Å². The molecule has 1 saturated heterocycles. The number of allylic oxidation sites excluding steroid dienone is 2. The summed E-state index contributed by atoms with van der Waals surface area (Å²) in [6.07, 6.45) is -9.72. The zero-order valence-electron chi connectivity index (χ0n) is 9.25. The van der Waals surface area contributed by atoms with Crippen LogP contribution < -0.4 is 0 Å². The molecule has 1 aliphatic heterocycles. The molecule has 1 rings (SSSR count). The molecule has 0 bridgehead atoms. The van der Waals surface area contributed by atoms with Crippen LogP contribution in [0.1, 0.15) is 26.2 Å². The summed E-state index contributed by atoms with van der Waals surface area (Å²) >= 11 is 0. The number of nitrogens with zero attached hydrogens (tertiary/aromatic N) is 1. The highest BCUT2D eigenvalue weighted by molar-refractivity contribution is 5.23. The minimum atomic E-state index is -5.35. The van der Waals surface area contributed by atoms with Crippen molar-refractivity contribution in [3.05, 3.63) is 11.3 Å². The van der Waals surface area contributed by atoms with Crippen LogP contribution >= 0.6 is 0 Å². The van der Waals surface area contributed by atoms with Crippen molar-refractivity contribution in [1.82, 2.24) is 4.90 Å². The van der Waals surface area contributed by atoms with Gasteiger partial charge in [0.15, 0.2) is 5.57 Å². The quantitative estimate of drug-likeness (QED) is 0.682. The lowest BCUT2D eigenvalue weighted by Gasteiger charge is -2.26. The molecule has 0 aromatic heterocycles. The smallest absolute Gasteiger partial charge is 0.374 e. The van der Waals surface area contributed by atoms with E-state index >= 15 is 0 Å². The van der Waals surface area contributed by atoms with Gasteiger partial charge in [-0.1, -0.05) is 6.92 Å². The molecule has 0 atom stereocenters. The molecular weight excluding hydrogens is 248 g/mol. The fourth-order valence-corrected chi connectivity index (χ4v) is 2.03. The van der Waals surface area contributed by atoms with Crippen LogP contribution in [-0.2, 0) is 0 Å². The van der Waals surface area contributed by atoms with Gasteiger partial charge in [0.1, 0.15) is 0 Å². The fourth-order valence-electron chi connectivity index (χ4n) is 2.03. The van der Waals surface area contributed by atoms with Crippen molar-refractivity contribution in [2.24, 2.45) is 0 Å². The number of rotatable bonds is 2. The summed E-state index contributed by atoms with van der Waals surface area (Å²) in [6.45, 7) is 1.84. The van der Waals surface area contributed by atoms with Crippen LogP contribution in [0, 0.1) is 0 Å². The topological polar surface area (TPSA) is 3.24 Å². The largest absolute Gasteiger partial charge is 0.423 e. The molecule has 1 fully saturated rings. The number of hydrogen-bond donors (Lipinski definition) is 0. The molecule has 1 aliphatic rings. The molecule has 0 unspecified atom stereocenters. The van der Waals surface area contributed by atoms with Gasteiger partial charge in [0.25, 0.3) is 0 Å². The average molecular weight is 261 g/mol. The molecule has 7 heteroatoms. The Balaban J connectivity index is 3.23. The van der Waals surface area contributed by atoms with Gasteiger partial charge >= 0.3 is 12.4 Å². The van der Waals surface area contributed by atoms with E-state index < -0.39 is 23.6 Å². The molecule has 0 radical (unpaired) electrons. The molecule has 0 aromatic carbocycles. The Hall–Kier alpha value is -0.880. The lowest BCUT2D eigenvalue weighted by molar-refractivity contribution is -0.174. The molecule has 0 amide bonds.